The van der Waals surface area contributed by atoms with Crippen molar-refractivity contribution in [2.45, 2.75) is 12.5 Å². The lowest BCUT2D eigenvalue weighted by molar-refractivity contribution is -0.150. The summed E-state index contributed by atoms with van der Waals surface area (Å²) in [5, 5.41) is 8.56. The lowest BCUT2D eigenvalue weighted by Crippen LogP contribution is -2.31. The van der Waals surface area contributed by atoms with Gasteiger partial charge in [-0.1, -0.05) is 6.58 Å². The molecule has 0 aromatic heterocycles. The summed E-state index contributed by atoms with van der Waals surface area (Å²) in [6, 6.07) is 0. The molecule has 0 heterocycles. The van der Waals surface area contributed by atoms with Gasteiger partial charge in [0.1, 0.15) is 5.60 Å². The fraction of sp³-hybridized carbons (Fsp3) is 0.429. The van der Waals surface area contributed by atoms with Crippen molar-refractivity contribution in [3.63, 3.8) is 0 Å². The third-order valence-corrected chi connectivity index (χ3v) is 0.848. The summed E-state index contributed by atoms with van der Waals surface area (Å²) in [5.41, 5.74) is -1.05. The van der Waals surface area contributed by atoms with Crippen LogP contribution in [-0.4, -0.2) is 23.3 Å². The molecule has 0 aromatic carbocycles. The predicted octanol–water partition coefficient (Wildman–Crippen LogP) is 0.301. The van der Waals surface area contributed by atoms with Gasteiger partial charge in [-0.3, -0.25) is 0 Å². The largest absolute Gasteiger partial charge is 0.454 e. The molecule has 57 valence electrons. The standard InChI is InChI=1S/C7H11O3/c1-4-6(9)10-7(2,3)5-8/h4,8H,1-2,5H2,3H3. The molecule has 1 atom stereocenters. The minimum absolute atomic E-state index is 0.299. The molecule has 0 fully saturated rings. The summed E-state index contributed by atoms with van der Waals surface area (Å²) in [4.78, 5) is 10.5. The number of aliphatic hydroxyl groups is 1. The maximum atomic E-state index is 10.5. The van der Waals surface area contributed by atoms with E-state index in [1.54, 1.807) is 0 Å². The van der Waals surface area contributed by atoms with Crippen LogP contribution in [0.15, 0.2) is 12.7 Å². The molecule has 10 heavy (non-hydrogen) atoms. The molecule has 3 nitrogen and oxygen atoms in total. The van der Waals surface area contributed by atoms with Crippen LogP contribution in [0.5, 0.6) is 0 Å². The summed E-state index contributed by atoms with van der Waals surface area (Å²) < 4.78 is 4.62. The van der Waals surface area contributed by atoms with Gasteiger partial charge >= 0.3 is 5.97 Å². The van der Waals surface area contributed by atoms with Crippen LogP contribution in [0.2, 0.25) is 0 Å². The predicted molar refractivity (Wildman–Crippen MR) is 37.1 cm³/mol. The third kappa shape index (κ3) is 3.25. The zero-order valence-electron chi connectivity index (χ0n) is 5.96. The molecule has 0 aliphatic carbocycles. The van der Waals surface area contributed by atoms with Crippen LogP contribution in [0.4, 0.5) is 0 Å². The fourth-order valence-corrected chi connectivity index (χ4v) is 0.317. The SMILES string of the molecule is [CH2]C(C)(CO)OC(=O)C=C. The van der Waals surface area contributed by atoms with Crippen molar-refractivity contribution in [3.05, 3.63) is 19.6 Å². The highest BCUT2D eigenvalue weighted by Gasteiger charge is 2.19. The quantitative estimate of drug-likeness (QED) is 0.456. The molecule has 3 heteroatoms. The molecule has 0 aliphatic rings. The zero-order valence-corrected chi connectivity index (χ0v) is 5.96. The van der Waals surface area contributed by atoms with Gasteiger partial charge in [0.2, 0.25) is 0 Å². The monoisotopic (exact) mass is 143 g/mol. The van der Waals surface area contributed by atoms with Gasteiger partial charge in [0, 0.05) is 6.08 Å². The Kier molecular flexibility index (Phi) is 3.09. The van der Waals surface area contributed by atoms with E-state index in [2.05, 4.69) is 18.2 Å². The second-order valence-corrected chi connectivity index (χ2v) is 2.23. The minimum Gasteiger partial charge on any atom is -0.454 e. The van der Waals surface area contributed by atoms with Gasteiger partial charge in [-0.25, -0.2) is 4.79 Å². The minimum atomic E-state index is -1.05. The first-order valence-corrected chi connectivity index (χ1v) is 2.83. The van der Waals surface area contributed by atoms with Crippen LogP contribution in [0.1, 0.15) is 6.92 Å². The Bertz CT molecular complexity index is 138. The van der Waals surface area contributed by atoms with Crippen molar-refractivity contribution < 1.29 is 14.6 Å². The van der Waals surface area contributed by atoms with E-state index in [1.165, 1.54) is 6.92 Å². The number of rotatable bonds is 3. The zero-order chi connectivity index (χ0) is 8.20. The summed E-state index contributed by atoms with van der Waals surface area (Å²) in [5.74, 6) is -0.577. The number of carbonyl (C=O) groups excluding carboxylic acids is 1. The van der Waals surface area contributed by atoms with Gasteiger partial charge in [0.05, 0.1) is 6.61 Å². The first kappa shape index (κ1) is 9.17. The van der Waals surface area contributed by atoms with Gasteiger partial charge in [0.15, 0.2) is 0 Å². The highest BCUT2D eigenvalue weighted by atomic mass is 16.6. The molecule has 1 unspecified atom stereocenters. The van der Waals surface area contributed by atoms with Crippen LogP contribution in [0.3, 0.4) is 0 Å². The highest BCUT2D eigenvalue weighted by molar-refractivity contribution is 5.81. The molecule has 0 saturated carbocycles. The van der Waals surface area contributed by atoms with E-state index in [9.17, 15) is 4.79 Å². The second kappa shape index (κ2) is 3.37. The van der Waals surface area contributed by atoms with Gasteiger partial charge in [-0.05, 0) is 13.8 Å². The van der Waals surface area contributed by atoms with Crippen molar-refractivity contribution in [2.24, 2.45) is 0 Å². The van der Waals surface area contributed by atoms with E-state index in [0.717, 1.165) is 6.08 Å². The molecule has 0 bridgehead atoms. The van der Waals surface area contributed by atoms with E-state index in [1.807, 2.05) is 0 Å². The van der Waals surface area contributed by atoms with E-state index in [0.29, 0.717) is 0 Å². The molecule has 0 aliphatic heterocycles. The van der Waals surface area contributed by atoms with Crippen molar-refractivity contribution in [3.8, 4) is 0 Å². The number of ether oxygens (including phenoxy) is 1. The normalized spacial score (nSPS) is 10.7. The van der Waals surface area contributed by atoms with Crippen LogP contribution in [0, 0.1) is 6.92 Å². The maximum Gasteiger partial charge on any atom is 0.330 e. The Morgan fingerprint density at radius 2 is 2.40 bits per heavy atom. The molecule has 0 saturated heterocycles. The van der Waals surface area contributed by atoms with Crippen molar-refractivity contribution in [1.29, 1.82) is 0 Å². The summed E-state index contributed by atoms with van der Waals surface area (Å²) >= 11 is 0. The van der Waals surface area contributed by atoms with Crippen molar-refractivity contribution in [1.82, 2.24) is 0 Å². The van der Waals surface area contributed by atoms with Crippen LogP contribution < -0.4 is 0 Å². The summed E-state index contributed by atoms with van der Waals surface area (Å²) in [6.07, 6.45) is 1.03. The lowest BCUT2D eigenvalue weighted by Gasteiger charge is -2.20. The Balaban J connectivity index is 3.87. The van der Waals surface area contributed by atoms with Crippen molar-refractivity contribution in [2.75, 3.05) is 6.61 Å². The average Bonchev–Trinajstić information content (AvgIpc) is 1.87. The highest BCUT2D eigenvalue weighted by Crippen LogP contribution is 2.06. The molecule has 1 N–H and O–H groups in total. The first-order chi connectivity index (χ1) is 4.52. The van der Waals surface area contributed by atoms with E-state index >= 15 is 0 Å². The molecule has 1 radical (unpaired) electrons. The molecule has 0 amide bonds. The number of hydrogen-bond donors (Lipinski definition) is 1. The lowest BCUT2D eigenvalue weighted by atomic mass is 10.1. The van der Waals surface area contributed by atoms with E-state index in [4.69, 9.17) is 5.11 Å². The van der Waals surface area contributed by atoms with Gasteiger partial charge in [-0.15, -0.1) is 0 Å². The maximum absolute atomic E-state index is 10.5. The Morgan fingerprint density at radius 1 is 1.90 bits per heavy atom. The molecular formula is C7H11O3. The first-order valence-electron chi connectivity index (χ1n) is 2.83. The van der Waals surface area contributed by atoms with E-state index in [-0.39, 0.29) is 6.61 Å². The average molecular weight is 143 g/mol. The summed E-state index contributed by atoms with van der Waals surface area (Å²) in [7, 11) is 0. The van der Waals surface area contributed by atoms with Gasteiger partial charge in [0.25, 0.3) is 0 Å². The van der Waals surface area contributed by atoms with E-state index < -0.39 is 11.6 Å². The molecule has 0 rings (SSSR count). The Morgan fingerprint density at radius 3 is 2.70 bits per heavy atom. The third-order valence-electron chi connectivity index (χ3n) is 0.848. The van der Waals surface area contributed by atoms with Crippen LogP contribution >= 0.6 is 0 Å². The van der Waals surface area contributed by atoms with Gasteiger partial charge in [-0.2, -0.15) is 0 Å². The number of esters is 1. The van der Waals surface area contributed by atoms with Gasteiger partial charge < -0.3 is 9.84 Å². The van der Waals surface area contributed by atoms with Crippen LogP contribution in [-0.2, 0) is 9.53 Å². The fourth-order valence-electron chi connectivity index (χ4n) is 0.317. The summed E-state index contributed by atoms with van der Waals surface area (Å²) in [6.45, 7) is 7.84. The Hall–Kier alpha value is -0.830. The molecule has 0 aromatic rings. The molecule has 0 spiro atoms. The topological polar surface area (TPSA) is 46.5 Å². The smallest absolute Gasteiger partial charge is 0.330 e. The Labute approximate surface area is 60.3 Å². The molecular weight excluding hydrogens is 132 g/mol. The van der Waals surface area contributed by atoms with Crippen LogP contribution in [0.25, 0.3) is 0 Å². The number of aliphatic hydroxyl groups excluding tert-OH is 1. The second-order valence-electron chi connectivity index (χ2n) is 2.23. The van der Waals surface area contributed by atoms with Crippen molar-refractivity contribution >= 4 is 5.97 Å². The number of hydrogen-bond acceptors (Lipinski definition) is 3. The number of carbonyl (C=O) groups is 1.